The van der Waals surface area contributed by atoms with Crippen LogP contribution in [0.3, 0.4) is 0 Å². The van der Waals surface area contributed by atoms with E-state index in [-0.39, 0.29) is 0 Å². The largest absolute Gasteiger partial charge is 0.361 e. The Morgan fingerprint density at radius 2 is 2.00 bits per heavy atom. The van der Waals surface area contributed by atoms with Gasteiger partial charge >= 0.3 is 0 Å². The van der Waals surface area contributed by atoms with Crippen LogP contribution in [0.1, 0.15) is 0 Å². The molecule has 0 aliphatic heterocycles. The molecule has 1 aromatic carbocycles. The summed E-state index contributed by atoms with van der Waals surface area (Å²) in [5.41, 5.74) is 2.21. The second kappa shape index (κ2) is 2.33. The predicted molar refractivity (Wildman–Crippen MR) is 53.6 cm³/mol. The zero-order valence-electron chi connectivity index (χ0n) is 6.99. The van der Waals surface area contributed by atoms with Crippen molar-refractivity contribution in [1.82, 2.24) is 9.97 Å². The van der Waals surface area contributed by atoms with Crippen molar-refractivity contribution in [2.45, 2.75) is 0 Å². The Labute approximate surface area is 75.2 Å². The molecule has 0 saturated heterocycles. The number of hydrogen-bond acceptors (Lipinski definition) is 1. The van der Waals surface area contributed by atoms with E-state index in [1.54, 1.807) is 0 Å². The number of aromatic amines is 1. The molecule has 0 unspecified atom stereocenters. The molecule has 2 aromatic heterocycles. The third-order valence-corrected chi connectivity index (χ3v) is 2.30. The van der Waals surface area contributed by atoms with Crippen molar-refractivity contribution in [3.8, 4) is 0 Å². The minimum absolute atomic E-state index is 1.04. The van der Waals surface area contributed by atoms with Gasteiger partial charge in [-0.2, -0.15) is 0 Å². The lowest BCUT2D eigenvalue weighted by Gasteiger charge is -1.96. The summed E-state index contributed by atoms with van der Waals surface area (Å²) in [5.74, 6) is 0. The minimum Gasteiger partial charge on any atom is -0.361 e. The van der Waals surface area contributed by atoms with Gasteiger partial charge in [-0.05, 0) is 12.1 Å². The Hall–Kier alpha value is -1.83. The first-order valence-corrected chi connectivity index (χ1v) is 4.26. The van der Waals surface area contributed by atoms with Crippen LogP contribution in [0.15, 0.2) is 42.7 Å². The quantitative estimate of drug-likeness (QED) is 0.549. The number of nitrogens with zero attached hydrogens (tertiary/aromatic N) is 1. The number of benzene rings is 1. The van der Waals surface area contributed by atoms with Crippen molar-refractivity contribution >= 4 is 21.8 Å². The third-order valence-electron chi connectivity index (χ3n) is 2.30. The second-order valence-corrected chi connectivity index (χ2v) is 3.08. The summed E-state index contributed by atoms with van der Waals surface area (Å²) in [4.78, 5) is 7.58. The highest BCUT2D eigenvalue weighted by atomic mass is 14.7. The van der Waals surface area contributed by atoms with Crippen molar-refractivity contribution in [3.05, 3.63) is 42.7 Å². The van der Waals surface area contributed by atoms with Crippen LogP contribution in [0.2, 0.25) is 0 Å². The lowest BCUT2D eigenvalue weighted by molar-refractivity contribution is 1.43. The molecule has 0 aliphatic rings. The molecule has 0 spiro atoms. The molecular formula is C11H8N2. The number of fused-ring (bicyclic) bond motifs is 3. The smallest absolute Gasteiger partial charge is 0.0723 e. The first kappa shape index (κ1) is 6.66. The van der Waals surface area contributed by atoms with E-state index < -0.39 is 0 Å². The van der Waals surface area contributed by atoms with Gasteiger partial charge in [0.1, 0.15) is 0 Å². The molecule has 2 heteroatoms. The van der Waals surface area contributed by atoms with E-state index in [4.69, 9.17) is 0 Å². The van der Waals surface area contributed by atoms with Gasteiger partial charge in [0.15, 0.2) is 0 Å². The van der Waals surface area contributed by atoms with Crippen LogP contribution in [0.25, 0.3) is 21.8 Å². The van der Waals surface area contributed by atoms with Gasteiger partial charge in [-0.15, -0.1) is 0 Å². The lowest BCUT2D eigenvalue weighted by atomic mass is 10.2. The maximum Gasteiger partial charge on any atom is 0.0723 e. The van der Waals surface area contributed by atoms with Gasteiger partial charge in [-0.1, -0.05) is 18.2 Å². The highest BCUT2D eigenvalue weighted by Gasteiger charge is 1.99. The number of rotatable bonds is 0. The molecule has 1 N–H and O–H groups in total. The van der Waals surface area contributed by atoms with Gasteiger partial charge < -0.3 is 4.98 Å². The van der Waals surface area contributed by atoms with Crippen molar-refractivity contribution < 1.29 is 0 Å². The van der Waals surface area contributed by atoms with Gasteiger partial charge in [0.05, 0.1) is 11.0 Å². The highest BCUT2D eigenvalue weighted by Crippen LogP contribution is 2.20. The molecule has 0 fully saturated rings. The van der Waals surface area contributed by atoms with Crippen LogP contribution in [0.5, 0.6) is 0 Å². The van der Waals surface area contributed by atoms with Crippen LogP contribution >= 0.6 is 0 Å². The molecule has 13 heavy (non-hydrogen) atoms. The zero-order chi connectivity index (χ0) is 8.67. The summed E-state index contributed by atoms with van der Waals surface area (Å²) in [6.07, 6.45) is 3.84. The molecule has 62 valence electrons. The van der Waals surface area contributed by atoms with Gasteiger partial charge in [-0.3, -0.25) is 4.98 Å². The Bertz CT molecular complexity index is 566. The van der Waals surface area contributed by atoms with Crippen LogP contribution in [-0.2, 0) is 0 Å². The molecule has 0 amide bonds. The summed E-state index contributed by atoms with van der Waals surface area (Å²) in [5, 5.41) is 2.35. The van der Waals surface area contributed by atoms with Gasteiger partial charge in [0, 0.05) is 23.2 Å². The maximum absolute atomic E-state index is 4.36. The summed E-state index contributed by atoms with van der Waals surface area (Å²) in [7, 11) is 0. The Kier molecular flexibility index (Phi) is 1.19. The Morgan fingerprint density at radius 3 is 3.00 bits per heavy atom. The van der Waals surface area contributed by atoms with Gasteiger partial charge in [-0.25, -0.2) is 0 Å². The second-order valence-electron chi connectivity index (χ2n) is 3.08. The number of nitrogens with one attached hydrogen (secondary N) is 1. The van der Waals surface area contributed by atoms with Crippen LogP contribution in [0.4, 0.5) is 0 Å². The number of H-pyrrole nitrogens is 1. The van der Waals surface area contributed by atoms with Crippen LogP contribution in [-0.4, -0.2) is 9.97 Å². The first-order valence-electron chi connectivity index (χ1n) is 4.26. The minimum atomic E-state index is 1.04. The predicted octanol–water partition coefficient (Wildman–Crippen LogP) is 2.72. The van der Waals surface area contributed by atoms with Crippen molar-refractivity contribution in [2.24, 2.45) is 0 Å². The molecule has 3 rings (SSSR count). The molecule has 2 heterocycles. The standard InChI is InChI=1S/C11H8N2/c1-2-4-10-9(3-1)11-8(7-13-10)5-6-12-11/h1-7,12H. The lowest BCUT2D eigenvalue weighted by Crippen LogP contribution is -1.78. The van der Waals surface area contributed by atoms with Crippen LogP contribution < -0.4 is 0 Å². The molecule has 0 bridgehead atoms. The monoisotopic (exact) mass is 168 g/mol. The van der Waals surface area contributed by atoms with E-state index in [0.29, 0.717) is 0 Å². The van der Waals surface area contributed by atoms with Gasteiger partial charge in [0.25, 0.3) is 0 Å². The molecule has 0 radical (unpaired) electrons. The van der Waals surface area contributed by atoms with E-state index >= 15 is 0 Å². The maximum atomic E-state index is 4.36. The number of para-hydroxylation sites is 1. The van der Waals surface area contributed by atoms with Crippen LogP contribution in [0, 0.1) is 0 Å². The van der Waals surface area contributed by atoms with E-state index in [9.17, 15) is 0 Å². The summed E-state index contributed by atoms with van der Waals surface area (Å²) in [6.45, 7) is 0. The van der Waals surface area contributed by atoms with Crippen molar-refractivity contribution in [2.75, 3.05) is 0 Å². The Balaban J connectivity index is 2.65. The molecule has 3 aromatic rings. The van der Waals surface area contributed by atoms with E-state index in [1.165, 1.54) is 16.3 Å². The summed E-state index contributed by atoms with van der Waals surface area (Å²) < 4.78 is 0. The zero-order valence-corrected chi connectivity index (χ0v) is 6.99. The SMILES string of the molecule is c1ccc2c(c1)ncc1cc[nH]c12. The summed E-state index contributed by atoms with van der Waals surface area (Å²) >= 11 is 0. The number of pyridine rings is 1. The fourth-order valence-corrected chi connectivity index (χ4v) is 1.66. The first-order chi connectivity index (χ1) is 6.45. The van der Waals surface area contributed by atoms with Gasteiger partial charge in [0.2, 0.25) is 0 Å². The van der Waals surface area contributed by atoms with E-state index in [1.807, 2.05) is 36.7 Å². The fourth-order valence-electron chi connectivity index (χ4n) is 1.66. The topological polar surface area (TPSA) is 28.7 Å². The van der Waals surface area contributed by atoms with E-state index in [0.717, 1.165) is 5.52 Å². The highest BCUT2D eigenvalue weighted by molar-refractivity contribution is 6.02. The van der Waals surface area contributed by atoms with E-state index in [2.05, 4.69) is 16.0 Å². The molecule has 2 nitrogen and oxygen atoms in total. The average Bonchev–Trinajstić information content (AvgIpc) is 2.65. The van der Waals surface area contributed by atoms with Crippen molar-refractivity contribution in [3.63, 3.8) is 0 Å². The summed E-state index contributed by atoms with van der Waals surface area (Å²) in [6, 6.07) is 10.2. The number of hydrogen-bond donors (Lipinski definition) is 1. The molecule has 0 saturated carbocycles. The Morgan fingerprint density at radius 1 is 1.08 bits per heavy atom. The normalized spacial score (nSPS) is 11.1. The molecule has 0 aliphatic carbocycles. The van der Waals surface area contributed by atoms with Crippen molar-refractivity contribution in [1.29, 1.82) is 0 Å². The third kappa shape index (κ3) is 0.855. The molecular weight excluding hydrogens is 160 g/mol. The number of aromatic nitrogens is 2. The fraction of sp³-hybridized carbons (Fsp3) is 0. The molecule has 0 atom stereocenters. The average molecular weight is 168 g/mol.